The van der Waals surface area contributed by atoms with E-state index in [0.29, 0.717) is 10.9 Å². The zero-order valence-electron chi connectivity index (χ0n) is 10.7. The minimum atomic E-state index is -0.568. The number of rotatable bonds is 6. The number of benzene rings is 1. The Bertz CT molecular complexity index is 504. The Hall–Kier alpha value is -1.69. The van der Waals surface area contributed by atoms with Crippen molar-refractivity contribution >= 4 is 27.4 Å². The first-order chi connectivity index (χ1) is 8.86. The molecule has 0 radical (unpaired) electrons. The molecule has 0 fully saturated rings. The molecular formula is C13H14BrNO4. The summed E-state index contributed by atoms with van der Waals surface area (Å²) in [4.78, 5) is 22.0. The third kappa shape index (κ3) is 3.89. The molecule has 1 aromatic carbocycles. The Morgan fingerprint density at radius 1 is 1.53 bits per heavy atom. The van der Waals surface area contributed by atoms with Gasteiger partial charge in [0.15, 0.2) is 5.78 Å². The molecule has 0 aliphatic rings. The summed E-state index contributed by atoms with van der Waals surface area (Å²) in [6, 6.07) is 2.83. The maximum atomic E-state index is 11.6. The standard InChI is InChI=1S/C13H14BrNO4/c1-4-8(2)7-19-13-11(9(3)16)5-10(14)6-12(13)15(17)18/h5-6H,2,4,7H2,1,3H3. The summed E-state index contributed by atoms with van der Waals surface area (Å²) in [5.74, 6) is -0.295. The molecule has 0 spiro atoms. The molecular weight excluding hydrogens is 314 g/mol. The summed E-state index contributed by atoms with van der Waals surface area (Å²) in [6.45, 7) is 7.17. The van der Waals surface area contributed by atoms with Crippen LogP contribution in [-0.4, -0.2) is 17.3 Å². The van der Waals surface area contributed by atoms with E-state index >= 15 is 0 Å². The molecule has 0 N–H and O–H groups in total. The fraction of sp³-hybridized carbons (Fsp3) is 0.308. The summed E-state index contributed by atoms with van der Waals surface area (Å²) in [5, 5.41) is 11.0. The molecule has 19 heavy (non-hydrogen) atoms. The Morgan fingerprint density at radius 3 is 2.63 bits per heavy atom. The van der Waals surface area contributed by atoms with Crippen LogP contribution in [0.2, 0.25) is 0 Å². The van der Waals surface area contributed by atoms with Crippen LogP contribution in [0.15, 0.2) is 28.8 Å². The number of ketones is 1. The maximum Gasteiger partial charge on any atom is 0.312 e. The van der Waals surface area contributed by atoms with Gasteiger partial charge in [-0.15, -0.1) is 0 Å². The van der Waals surface area contributed by atoms with Gasteiger partial charge in [0.05, 0.1) is 10.5 Å². The van der Waals surface area contributed by atoms with Gasteiger partial charge >= 0.3 is 5.69 Å². The van der Waals surface area contributed by atoms with Gasteiger partial charge in [0.1, 0.15) is 6.61 Å². The van der Waals surface area contributed by atoms with Crippen molar-refractivity contribution in [1.29, 1.82) is 0 Å². The molecule has 5 nitrogen and oxygen atoms in total. The van der Waals surface area contributed by atoms with E-state index in [9.17, 15) is 14.9 Å². The van der Waals surface area contributed by atoms with Crippen LogP contribution in [0.5, 0.6) is 5.75 Å². The molecule has 102 valence electrons. The Balaban J connectivity index is 3.27. The van der Waals surface area contributed by atoms with Gasteiger partial charge in [0.25, 0.3) is 0 Å². The van der Waals surface area contributed by atoms with Gasteiger partial charge in [-0.1, -0.05) is 29.4 Å². The molecule has 0 bridgehead atoms. The van der Waals surface area contributed by atoms with Crippen molar-refractivity contribution in [1.82, 2.24) is 0 Å². The van der Waals surface area contributed by atoms with Crippen LogP contribution in [0, 0.1) is 10.1 Å². The van der Waals surface area contributed by atoms with Gasteiger partial charge in [-0.25, -0.2) is 0 Å². The second-order valence-corrected chi connectivity index (χ2v) is 4.92. The van der Waals surface area contributed by atoms with E-state index in [1.165, 1.54) is 19.1 Å². The van der Waals surface area contributed by atoms with Crippen molar-refractivity contribution in [3.63, 3.8) is 0 Å². The molecule has 0 heterocycles. The van der Waals surface area contributed by atoms with E-state index in [4.69, 9.17) is 4.74 Å². The third-order valence-electron chi connectivity index (χ3n) is 2.53. The zero-order chi connectivity index (χ0) is 14.6. The average molecular weight is 328 g/mol. The number of halogens is 1. The van der Waals surface area contributed by atoms with E-state index < -0.39 is 4.92 Å². The molecule has 0 atom stereocenters. The Labute approximate surface area is 119 Å². The van der Waals surface area contributed by atoms with Gasteiger partial charge in [-0.3, -0.25) is 14.9 Å². The van der Waals surface area contributed by atoms with Crippen molar-refractivity contribution in [2.75, 3.05) is 6.61 Å². The number of hydrogen-bond acceptors (Lipinski definition) is 4. The van der Waals surface area contributed by atoms with Crippen LogP contribution in [-0.2, 0) is 0 Å². The molecule has 0 aliphatic carbocycles. The molecule has 0 unspecified atom stereocenters. The lowest BCUT2D eigenvalue weighted by Crippen LogP contribution is -2.07. The van der Waals surface area contributed by atoms with Gasteiger partial charge in [-0.2, -0.15) is 0 Å². The van der Waals surface area contributed by atoms with E-state index in [1.54, 1.807) is 0 Å². The van der Waals surface area contributed by atoms with Crippen LogP contribution in [0.3, 0.4) is 0 Å². The predicted octanol–water partition coefficient (Wildman–Crippen LogP) is 3.90. The lowest BCUT2D eigenvalue weighted by atomic mass is 10.1. The van der Waals surface area contributed by atoms with Crippen LogP contribution >= 0.6 is 15.9 Å². The topological polar surface area (TPSA) is 69.4 Å². The van der Waals surface area contributed by atoms with E-state index in [2.05, 4.69) is 22.5 Å². The maximum absolute atomic E-state index is 11.6. The zero-order valence-corrected chi connectivity index (χ0v) is 12.3. The number of nitrogens with zero attached hydrogens (tertiary/aromatic N) is 1. The minimum Gasteiger partial charge on any atom is -0.482 e. The Kier molecular flexibility index (Phi) is 5.23. The van der Waals surface area contributed by atoms with Gasteiger partial charge in [0.2, 0.25) is 5.75 Å². The number of hydrogen-bond donors (Lipinski definition) is 0. The first kappa shape index (κ1) is 15.4. The number of ether oxygens (including phenoxy) is 1. The van der Waals surface area contributed by atoms with Crippen molar-refractivity contribution in [2.45, 2.75) is 20.3 Å². The highest BCUT2D eigenvalue weighted by molar-refractivity contribution is 9.10. The fourth-order valence-electron chi connectivity index (χ4n) is 1.40. The molecule has 1 rings (SSSR count). The first-order valence-corrected chi connectivity index (χ1v) is 6.44. The van der Waals surface area contributed by atoms with Gasteiger partial charge in [-0.05, 0) is 25.0 Å². The number of nitro benzene ring substituents is 1. The normalized spacial score (nSPS) is 10.1. The smallest absolute Gasteiger partial charge is 0.312 e. The largest absolute Gasteiger partial charge is 0.482 e. The van der Waals surface area contributed by atoms with Crippen molar-refractivity contribution in [3.8, 4) is 5.75 Å². The molecule has 0 saturated carbocycles. The van der Waals surface area contributed by atoms with Crippen LogP contribution in [0.25, 0.3) is 0 Å². The van der Waals surface area contributed by atoms with Crippen molar-refractivity contribution < 1.29 is 14.5 Å². The molecule has 0 amide bonds. The number of carbonyl (C=O) groups excluding carboxylic acids is 1. The van der Waals surface area contributed by atoms with Crippen LogP contribution in [0.4, 0.5) is 5.69 Å². The van der Waals surface area contributed by atoms with Gasteiger partial charge in [0, 0.05) is 10.5 Å². The first-order valence-electron chi connectivity index (χ1n) is 5.65. The summed E-state index contributed by atoms with van der Waals surface area (Å²) in [7, 11) is 0. The van der Waals surface area contributed by atoms with Crippen molar-refractivity contribution in [3.05, 3.63) is 44.4 Å². The lowest BCUT2D eigenvalue weighted by molar-refractivity contribution is -0.385. The highest BCUT2D eigenvalue weighted by Crippen LogP contribution is 2.35. The van der Waals surface area contributed by atoms with E-state index in [0.717, 1.165) is 5.57 Å². The summed E-state index contributed by atoms with van der Waals surface area (Å²) in [5.41, 5.74) is 0.750. The summed E-state index contributed by atoms with van der Waals surface area (Å²) < 4.78 is 5.88. The average Bonchev–Trinajstić information content (AvgIpc) is 2.35. The lowest BCUT2D eigenvalue weighted by Gasteiger charge is -2.11. The molecule has 0 saturated heterocycles. The van der Waals surface area contributed by atoms with E-state index in [-0.39, 0.29) is 29.4 Å². The number of Topliss-reactive ketones (excluding diaryl/α,β-unsaturated/α-hetero) is 1. The van der Waals surface area contributed by atoms with Crippen LogP contribution < -0.4 is 4.74 Å². The second kappa shape index (κ2) is 6.47. The Morgan fingerprint density at radius 2 is 2.16 bits per heavy atom. The van der Waals surface area contributed by atoms with Crippen LogP contribution in [0.1, 0.15) is 30.6 Å². The predicted molar refractivity (Wildman–Crippen MR) is 75.7 cm³/mol. The molecule has 0 aliphatic heterocycles. The SMILES string of the molecule is C=C(CC)COc1c(C(C)=O)cc(Br)cc1[N+](=O)[O-]. The van der Waals surface area contributed by atoms with Crippen molar-refractivity contribution in [2.24, 2.45) is 0 Å². The third-order valence-corrected chi connectivity index (χ3v) is 2.99. The monoisotopic (exact) mass is 327 g/mol. The fourth-order valence-corrected chi connectivity index (χ4v) is 1.85. The summed E-state index contributed by atoms with van der Waals surface area (Å²) in [6.07, 6.45) is 0.708. The number of nitro groups is 1. The number of carbonyl (C=O) groups is 1. The minimum absolute atomic E-state index is 0.00435. The second-order valence-electron chi connectivity index (χ2n) is 4.01. The highest BCUT2D eigenvalue weighted by Gasteiger charge is 2.23. The highest BCUT2D eigenvalue weighted by atomic mass is 79.9. The summed E-state index contributed by atoms with van der Waals surface area (Å²) >= 11 is 3.15. The molecule has 6 heteroatoms. The molecule has 0 aromatic heterocycles. The molecule has 1 aromatic rings. The van der Waals surface area contributed by atoms with Gasteiger partial charge < -0.3 is 4.74 Å². The quantitative estimate of drug-likeness (QED) is 0.344. The van der Waals surface area contributed by atoms with E-state index in [1.807, 2.05) is 6.92 Å².